The minimum atomic E-state index is -0.0910. The zero-order valence-electron chi connectivity index (χ0n) is 11.1. The number of hydrogen-bond acceptors (Lipinski definition) is 6. The van der Waals surface area contributed by atoms with Gasteiger partial charge in [0.15, 0.2) is 0 Å². The van der Waals surface area contributed by atoms with Crippen molar-refractivity contribution in [3.63, 3.8) is 0 Å². The molecule has 0 spiro atoms. The third kappa shape index (κ3) is 2.73. The molecule has 2 aromatic heterocycles. The van der Waals surface area contributed by atoms with Crippen molar-refractivity contribution in [2.75, 3.05) is 24.5 Å². The van der Waals surface area contributed by atoms with Gasteiger partial charge in [-0.05, 0) is 18.9 Å². The number of thiazole rings is 1. The molecule has 3 heterocycles. The molecule has 0 saturated carbocycles. The highest BCUT2D eigenvalue weighted by atomic mass is 32.1. The van der Waals surface area contributed by atoms with Crippen LogP contribution in [0.15, 0.2) is 27.9 Å². The normalized spacial score (nSPS) is 18.6. The van der Waals surface area contributed by atoms with Crippen LogP contribution >= 0.6 is 11.3 Å². The van der Waals surface area contributed by atoms with E-state index in [2.05, 4.69) is 15.0 Å². The number of anilines is 1. The minimum Gasteiger partial charge on any atom is -0.370 e. The predicted molar refractivity (Wildman–Crippen MR) is 79.1 cm³/mol. The molecule has 0 aromatic carbocycles. The van der Waals surface area contributed by atoms with Crippen molar-refractivity contribution in [1.82, 2.24) is 14.8 Å². The van der Waals surface area contributed by atoms with Crippen LogP contribution in [0, 0.1) is 5.92 Å². The third-order valence-electron chi connectivity index (χ3n) is 3.63. The molecule has 0 amide bonds. The van der Waals surface area contributed by atoms with E-state index in [4.69, 9.17) is 5.73 Å². The quantitative estimate of drug-likeness (QED) is 0.889. The van der Waals surface area contributed by atoms with Gasteiger partial charge in [-0.15, -0.1) is 11.3 Å². The largest absolute Gasteiger partial charge is 0.370 e. The van der Waals surface area contributed by atoms with Crippen LogP contribution in [0.1, 0.15) is 12.1 Å². The van der Waals surface area contributed by atoms with Gasteiger partial charge >= 0.3 is 0 Å². The van der Waals surface area contributed by atoms with E-state index in [1.165, 1.54) is 16.0 Å². The fourth-order valence-electron chi connectivity index (χ4n) is 2.44. The van der Waals surface area contributed by atoms with Crippen molar-refractivity contribution in [3.8, 4) is 0 Å². The van der Waals surface area contributed by atoms with Crippen LogP contribution in [0.5, 0.6) is 0 Å². The molecule has 1 aliphatic heterocycles. The lowest BCUT2D eigenvalue weighted by atomic mass is 10.1. The van der Waals surface area contributed by atoms with E-state index < -0.39 is 0 Å². The molecule has 7 heteroatoms. The molecule has 3 rings (SSSR count). The average molecular weight is 291 g/mol. The van der Waals surface area contributed by atoms with Crippen molar-refractivity contribution >= 4 is 17.0 Å². The summed E-state index contributed by atoms with van der Waals surface area (Å²) in [5, 5.41) is 6.17. The van der Waals surface area contributed by atoms with Crippen LogP contribution in [-0.4, -0.2) is 34.4 Å². The van der Waals surface area contributed by atoms with E-state index in [1.54, 1.807) is 17.8 Å². The van der Waals surface area contributed by atoms with Gasteiger partial charge < -0.3 is 10.6 Å². The Balaban J connectivity index is 1.76. The van der Waals surface area contributed by atoms with Crippen LogP contribution in [0.3, 0.4) is 0 Å². The first-order chi connectivity index (χ1) is 9.76. The summed E-state index contributed by atoms with van der Waals surface area (Å²) in [7, 11) is 0. The maximum absolute atomic E-state index is 12.1. The Hall–Kier alpha value is -1.73. The molecule has 2 aromatic rings. The van der Waals surface area contributed by atoms with Gasteiger partial charge in [0, 0.05) is 24.5 Å². The molecule has 1 fully saturated rings. The number of aromatic nitrogens is 3. The highest BCUT2D eigenvalue weighted by Crippen LogP contribution is 2.21. The second kappa shape index (κ2) is 5.72. The van der Waals surface area contributed by atoms with E-state index in [9.17, 15) is 4.79 Å². The van der Waals surface area contributed by atoms with Crippen molar-refractivity contribution < 1.29 is 0 Å². The van der Waals surface area contributed by atoms with Crippen molar-refractivity contribution in [1.29, 1.82) is 0 Å². The summed E-state index contributed by atoms with van der Waals surface area (Å²) >= 11 is 1.52. The summed E-state index contributed by atoms with van der Waals surface area (Å²) < 4.78 is 1.44. The Bertz CT molecular complexity index is 624. The van der Waals surface area contributed by atoms with E-state index in [0.717, 1.165) is 30.9 Å². The summed E-state index contributed by atoms with van der Waals surface area (Å²) in [4.78, 5) is 18.4. The summed E-state index contributed by atoms with van der Waals surface area (Å²) in [6.45, 7) is 2.98. The fourth-order valence-corrected chi connectivity index (χ4v) is 2.99. The maximum atomic E-state index is 12.1. The van der Waals surface area contributed by atoms with Gasteiger partial charge in [0.05, 0.1) is 29.6 Å². The van der Waals surface area contributed by atoms with Crippen LogP contribution in [0.25, 0.3) is 0 Å². The molecular formula is C13H17N5OS. The van der Waals surface area contributed by atoms with Crippen molar-refractivity contribution in [2.24, 2.45) is 11.7 Å². The van der Waals surface area contributed by atoms with Gasteiger partial charge in [0.1, 0.15) is 0 Å². The number of rotatable bonds is 4. The monoisotopic (exact) mass is 291 g/mol. The predicted octanol–water partition coefficient (Wildman–Crippen LogP) is 0.533. The first-order valence-corrected chi connectivity index (χ1v) is 7.60. The molecule has 2 N–H and O–H groups in total. The maximum Gasteiger partial charge on any atom is 0.269 e. The van der Waals surface area contributed by atoms with Gasteiger partial charge in [0.25, 0.3) is 5.56 Å². The van der Waals surface area contributed by atoms with Gasteiger partial charge in [-0.3, -0.25) is 4.79 Å². The second-order valence-corrected chi connectivity index (χ2v) is 5.74. The van der Waals surface area contributed by atoms with Crippen LogP contribution in [-0.2, 0) is 6.54 Å². The number of hydrogen-bond donors (Lipinski definition) is 1. The standard InChI is InChI=1S/C13H17N5OS/c14-4-10-1-2-17(6-10)12-3-13(19)18(16-5-12)7-11-8-20-9-15-11/h3,5,8-10H,1-2,4,6-7,14H2. The smallest absolute Gasteiger partial charge is 0.269 e. The van der Waals surface area contributed by atoms with Gasteiger partial charge in [0.2, 0.25) is 0 Å². The lowest BCUT2D eigenvalue weighted by Gasteiger charge is -2.18. The Morgan fingerprint density at radius 2 is 2.40 bits per heavy atom. The molecule has 20 heavy (non-hydrogen) atoms. The summed E-state index contributed by atoms with van der Waals surface area (Å²) in [5.74, 6) is 0.521. The molecule has 1 saturated heterocycles. The first-order valence-electron chi connectivity index (χ1n) is 6.65. The number of nitrogens with zero attached hydrogens (tertiary/aromatic N) is 4. The molecule has 1 atom stereocenters. The Kier molecular flexibility index (Phi) is 3.79. The second-order valence-electron chi connectivity index (χ2n) is 5.03. The molecule has 1 aliphatic rings. The molecule has 1 unspecified atom stereocenters. The molecular weight excluding hydrogens is 274 g/mol. The van der Waals surface area contributed by atoms with Gasteiger partial charge in [-0.2, -0.15) is 5.10 Å². The van der Waals surface area contributed by atoms with Crippen molar-refractivity contribution in [3.05, 3.63) is 39.2 Å². The molecule has 6 nitrogen and oxygen atoms in total. The number of nitrogens with two attached hydrogens (primary N) is 1. The van der Waals surface area contributed by atoms with E-state index in [0.29, 0.717) is 19.0 Å². The SMILES string of the molecule is NCC1CCN(c2cnn(Cc3cscn3)c(=O)c2)C1. The molecule has 0 bridgehead atoms. The lowest BCUT2D eigenvalue weighted by molar-refractivity contribution is 0.601. The Morgan fingerprint density at radius 3 is 3.05 bits per heavy atom. The highest BCUT2D eigenvalue weighted by molar-refractivity contribution is 7.07. The van der Waals surface area contributed by atoms with E-state index in [1.807, 2.05) is 5.38 Å². The zero-order valence-corrected chi connectivity index (χ0v) is 11.9. The minimum absolute atomic E-state index is 0.0910. The van der Waals surface area contributed by atoms with Crippen LogP contribution in [0.4, 0.5) is 5.69 Å². The van der Waals surface area contributed by atoms with E-state index in [-0.39, 0.29) is 5.56 Å². The van der Waals surface area contributed by atoms with E-state index >= 15 is 0 Å². The zero-order chi connectivity index (χ0) is 13.9. The average Bonchev–Trinajstić information content (AvgIpc) is 3.12. The topological polar surface area (TPSA) is 77.0 Å². The lowest BCUT2D eigenvalue weighted by Crippen LogP contribution is -2.27. The van der Waals surface area contributed by atoms with Gasteiger partial charge in [-0.1, -0.05) is 0 Å². The molecule has 106 valence electrons. The van der Waals surface area contributed by atoms with Gasteiger partial charge in [-0.25, -0.2) is 9.67 Å². The molecule has 0 aliphatic carbocycles. The highest BCUT2D eigenvalue weighted by Gasteiger charge is 2.22. The summed E-state index contributed by atoms with van der Waals surface area (Å²) in [6.07, 6.45) is 2.84. The molecule has 0 radical (unpaired) electrons. The summed E-state index contributed by atoms with van der Waals surface area (Å²) in [5.41, 5.74) is 9.11. The fraction of sp³-hybridized carbons (Fsp3) is 0.462. The van der Waals surface area contributed by atoms with Crippen molar-refractivity contribution in [2.45, 2.75) is 13.0 Å². The first kappa shape index (κ1) is 13.3. The Labute approximate surface area is 120 Å². The van der Waals surface area contributed by atoms with Crippen LogP contribution in [0.2, 0.25) is 0 Å². The summed E-state index contributed by atoms with van der Waals surface area (Å²) in [6, 6.07) is 1.65. The Morgan fingerprint density at radius 1 is 1.50 bits per heavy atom. The third-order valence-corrected chi connectivity index (χ3v) is 4.27. The van der Waals surface area contributed by atoms with Crippen LogP contribution < -0.4 is 16.2 Å².